The van der Waals surface area contributed by atoms with Crippen molar-refractivity contribution in [1.82, 2.24) is 4.98 Å². The topological polar surface area (TPSA) is 50.2 Å². The van der Waals surface area contributed by atoms with Gasteiger partial charge in [-0.15, -0.1) is 11.3 Å². The molecule has 70 valence electrons. The smallest absolute Gasteiger partial charge is 0.322 e. The molecule has 1 aromatic rings. The zero-order valence-electron chi connectivity index (χ0n) is 6.33. The SMILES string of the molecule is O=C(O)C1(c2cscn2)CC1(F)F. The molecule has 13 heavy (non-hydrogen) atoms. The molecule has 0 aliphatic heterocycles. The van der Waals surface area contributed by atoms with Gasteiger partial charge in [-0.2, -0.15) is 0 Å². The molecule has 1 N–H and O–H groups in total. The summed E-state index contributed by atoms with van der Waals surface area (Å²) >= 11 is 1.12. The average molecular weight is 205 g/mol. The highest BCUT2D eigenvalue weighted by Crippen LogP contribution is 2.61. The summed E-state index contributed by atoms with van der Waals surface area (Å²) in [6.07, 6.45) is -0.640. The van der Waals surface area contributed by atoms with Gasteiger partial charge in [0.1, 0.15) is 0 Å². The van der Waals surface area contributed by atoms with Gasteiger partial charge in [-0.1, -0.05) is 0 Å². The molecule has 2 rings (SSSR count). The molecule has 0 radical (unpaired) electrons. The van der Waals surface area contributed by atoms with Crippen molar-refractivity contribution >= 4 is 17.3 Å². The summed E-state index contributed by atoms with van der Waals surface area (Å²) in [5.41, 5.74) is -0.725. The second-order valence-corrected chi connectivity index (χ2v) is 3.68. The van der Waals surface area contributed by atoms with Crippen molar-refractivity contribution in [2.45, 2.75) is 17.8 Å². The average Bonchev–Trinajstić information content (AvgIpc) is 2.52. The van der Waals surface area contributed by atoms with E-state index in [1.807, 2.05) is 0 Å². The minimum absolute atomic E-state index is 0.0324. The number of hydrogen-bond acceptors (Lipinski definition) is 3. The van der Waals surface area contributed by atoms with Crippen molar-refractivity contribution < 1.29 is 18.7 Å². The number of aromatic nitrogens is 1. The van der Waals surface area contributed by atoms with E-state index in [0.717, 1.165) is 11.3 Å². The van der Waals surface area contributed by atoms with E-state index in [2.05, 4.69) is 4.98 Å². The lowest BCUT2D eigenvalue weighted by Crippen LogP contribution is -2.27. The van der Waals surface area contributed by atoms with E-state index >= 15 is 0 Å². The molecule has 1 saturated carbocycles. The van der Waals surface area contributed by atoms with E-state index in [4.69, 9.17) is 5.11 Å². The number of nitrogens with zero attached hydrogens (tertiary/aromatic N) is 1. The number of aliphatic carboxylic acids is 1. The molecule has 1 aromatic heterocycles. The lowest BCUT2D eigenvalue weighted by Gasteiger charge is -2.06. The van der Waals surface area contributed by atoms with Crippen LogP contribution in [0.15, 0.2) is 10.9 Å². The van der Waals surface area contributed by atoms with E-state index in [9.17, 15) is 13.6 Å². The highest BCUT2D eigenvalue weighted by Gasteiger charge is 2.78. The quantitative estimate of drug-likeness (QED) is 0.796. The van der Waals surface area contributed by atoms with E-state index in [1.165, 1.54) is 10.9 Å². The van der Waals surface area contributed by atoms with Gasteiger partial charge in [0.2, 0.25) is 0 Å². The predicted octanol–water partition coefficient (Wildman–Crippen LogP) is 1.50. The van der Waals surface area contributed by atoms with Gasteiger partial charge in [0.05, 0.1) is 11.2 Å². The number of carboxylic acids is 1. The Hall–Kier alpha value is -1.04. The van der Waals surface area contributed by atoms with Crippen molar-refractivity contribution in [1.29, 1.82) is 0 Å². The lowest BCUT2D eigenvalue weighted by molar-refractivity contribution is -0.143. The monoisotopic (exact) mass is 205 g/mol. The first-order valence-electron chi connectivity index (χ1n) is 3.50. The number of carbonyl (C=O) groups is 1. The minimum Gasteiger partial charge on any atom is -0.480 e. The van der Waals surface area contributed by atoms with Gasteiger partial charge >= 0.3 is 5.97 Å². The van der Waals surface area contributed by atoms with Crippen LogP contribution in [0.25, 0.3) is 0 Å². The Kier molecular flexibility index (Phi) is 1.48. The van der Waals surface area contributed by atoms with E-state index in [0.29, 0.717) is 0 Å². The van der Waals surface area contributed by atoms with Crippen LogP contribution >= 0.6 is 11.3 Å². The van der Waals surface area contributed by atoms with Gasteiger partial charge in [0.25, 0.3) is 5.92 Å². The Morgan fingerprint density at radius 1 is 1.69 bits per heavy atom. The third-order valence-electron chi connectivity index (χ3n) is 2.22. The minimum atomic E-state index is -3.15. The first-order valence-corrected chi connectivity index (χ1v) is 4.45. The Morgan fingerprint density at radius 2 is 2.31 bits per heavy atom. The Morgan fingerprint density at radius 3 is 2.62 bits per heavy atom. The van der Waals surface area contributed by atoms with Gasteiger partial charge in [-0.25, -0.2) is 13.8 Å². The maximum absolute atomic E-state index is 12.8. The van der Waals surface area contributed by atoms with Gasteiger partial charge in [-0.05, 0) is 0 Å². The van der Waals surface area contributed by atoms with Gasteiger partial charge in [-0.3, -0.25) is 4.79 Å². The van der Waals surface area contributed by atoms with Gasteiger partial charge < -0.3 is 5.11 Å². The Bertz CT molecular complexity index is 351. The maximum atomic E-state index is 12.8. The number of halogens is 2. The normalized spacial score (nSPS) is 30.0. The number of carboxylic acid groups (broad SMARTS) is 1. The second-order valence-electron chi connectivity index (χ2n) is 2.97. The Labute approximate surface area is 76.0 Å². The third kappa shape index (κ3) is 0.918. The largest absolute Gasteiger partial charge is 0.480 e. The zero-order valence-corrected chi connectivity index (χ0v) is 7.15. The highest BCUT2D eigenvalue weighted by atomic mass is 32.1. The van der Waals surface area contributed by atoms with Crippen LogP contribution in [-0.4, -0.2) is 22.0 Å². The molecule has 0 spiro atoms. The first-order chi connectivity index (χ1) is 6.01. The molecule has 1 atom stereocenters. The van der Waals surface area contributed by atoms with Crippen LogP contribution < -0.4 is 0 Å². The van der Waals surface area contributed by atoms with E-state index in [1.54, 1.807) is 0 Å². The van der Waals surface area contributed by atoms with Crippen molar-refractivity contribution in [2.75, 3.05) is 0 Å². The number of thiazole rings is 1. The van der Waals surface area contributed by atoms with Crippen LogP contribution in [0.2, 0.25) is 0 Å². The zero-order chi connectivity index (χ0) is 9.69. The molecule has 1 fully saturated rings. The third-order valence-corrected chi connectivity index (χ3v) is 2.81. The van der Waals surface area contributed by atoms with Crippen LogP contribution in [0.3, 0.4) is 0 Å². The number of hydrogen-bond donors (Lipinski definition) is 1. The Balaban J connectivity index is 2.45. The molecule has 1 heterocycles. The van der Waals surface area contributed by atoms with Gasteiger partial charge in [0, 0.05) is 11.8 Å². The first kappa shape index (κ1) is 8.55. The molecule has 1 aliphatic rings. The summed E-state index contributed by atoms with van der Waals surface area (Å²) < 4.78 is 25.7. The summed E-state index contributed by atoms with van der Waals surface area (Å²) in [4.78, 5) is 14.3. The molecule has 1 unspecified atom stereocenters. The van der Waals surface area contributed by atoms with Crippen molar-refractivity contribution in [3.63, 3.8) is 0 Å². The van der Waals surface area contributed by atoms with Crippen molar-refractivity contribution in [3.05, 3.63) is 16.6 Å². The molecule has 0 aromatic carbocycles. The van der Waals surface area contributed by atoms with Crippen LogP contribution in [0, 0.1) is 0 Å². The highest BCUT2D eigenvalue weighted by molar-refractivity contribution is 7.07. The summed E-state index contributed by atoms with van der Waals surface area (Å²) in [7, 11) is 0. The van der Waals surface area contributed by atoms with Gasteiger partial charge in [0.15, 0.2) is 5.41 Å². The van der Waals surface area contributed by atoms with Crippen molar-refractivity contribution in [3.8, 4) is 0 Å². The fourth-order valence-corrected chi connectivity index (χ4v) is 1.96. The van der Waals surface area contributed by atoms with Crippen LogP contribution in [0.4, 0.5) is 8.78 Å². The molecule has 6 heteroatoms. The van der Waals surface area contributed by atoms with E-state index in [-0.39, 0.29) is 5.69 Å². The molecule has 0 bridgehead atoms. The number of rotatable bonds is 2. The summed E-state index contributed by atoms with van der Waals surface area (Å²) in [5, 5.41) is 10.1. The van der Waals surface area contributed by atoms with Crippen LogP contribution in [-0.2, 0) is 10.2 Å². The molecule has 1 aliphatic carbocycles. The molecule has 3 nitrogen and oxygen atoms in total. The molecular formula is C7H5F2NO2S. The number of alkyl halides is 2. The molecule has 0 amide bonds. The molecular weight excluding hydrogens is 200 g/mol. The second kappa shape index (κ2) is 2.25. The lowest BCUT2D eigenvalue weighted by atomic mass is 10.0. The van der Waals surface area contributed by atoms with Crippen molar-refractivity contribution in [2.24, 2.45) is 0 Å². The van der Waals surface area contributed by atoms with E-state index < -0.39 is 23.7 Å². The maximum Gasteiger partial charge on any atom is 0.322 e. The fraction of sp³-hybridized carbons (Fsp3) is 0.429. The van der Waals surface area contributed by atoms with Crippen LogP contribution in [0.1, 0.15) is 12.1 Å². The van der Waals surface area contributed by atoms with Crippen LogP contribution in [0.5, 0.6) is 0 Å². The summed E-state index contributed by atoms with van der Waals surface area (Å²) in [6, 6.07) is 0. The summed E-state index contributed by atoms with van der Waals surface area (Å²) in [6.45, 7) is 0. The summed E-state index contributed by atoms with van der Waals surface area (Å²) in [5.74, 6) is -4.64. The standard InChI is InChI=1S/C7H5F2NO2S/c8-7(9)2-6(7,5(11)12)4-1-13-3-10-4/h1,3H,2H2,(H,11,12). The predicted molar refractivity (Wildman–Crippen MR) is 41.0 cm³/mol. The molecule has 0 saturated heterocycles. The fourth-order valence-electron chi connectivity index (χ4n) is 1.33.